The van der Waals surface area contributed by atoms with Gasteiger partial charge in [-0.15, -0.1) is 22.7 Å². The summed E-state index contributed by atoms with van der Waals surface area (Å²) in [6.45, 7) is 2.33. The highest BCUT2D eigenvalue weighted by Crippen LogP contribution is 2.32. The molecule has 0 atom stereocenters. The Hall–Kier alpha value is -1.54. The highest BCUT2D eigenvalue weighted by atomic mass is 79.9. The van der Waals surface area contributed by atoms with Crippen LogP contribution in [0, 0.1) is 0 Å². The van der Waals surface area contributed by atoms with Crippen LogP contribution in [0.25, 0.3) is 9.88 Å². The summed E-state index contributed by atoms with van der Waals surface area (Å²) in [4.78, 5) is 20.0. The average Bonchev–Trinajstić information content (AvgIpc) is 3.24. The van der Waals surface area contributed by atoms with Crippen molar-refractivity contribution in [3.05, 3.63) is 62.9 Å². The molecule has 3 aromatic rings. The summed E-state index contributed by atoms with van der Waals surface area (Å²) in [5.74, 6) is 0.0160. The molecule has 0 spiro atoms. The average molecular weight is 450 g/mol. The van der Waals surface area contributed by atoms with Gasteiger partial charge < -0.3 is 10.2 Å². The van der Waals surface area contributed by atoms with E-state index in [0.717, 1.165) is 33.1 Å². The van der Waals surface area contributed by atoms with Gasteiger partial charge in [0.25, 0.3) is 0 Å². The molecule has 26 heavy (non-hydrogen) atoms. The number of thiazole rings is 1. The van der Waals surface area contributed by atoms with E-state index in [0.29, 0.717) is 13.0 Å². The Morgan fingerprint density at radius 2 is 2.04 bits per heavy atom. The van der Waals surface area contributed by atoms with Crippen LogP contribution in [0.1, 0.15) is 11.3 Å². The normalized spacial score (nSPS) is 11.0. The van der Waals surface area contributed by atoms with Crippen LogP contribution in [-0.4, -0.2) is 35.9 Å². The highest BCUT2D eigenvalue weighted by Gasteiger charge is 2.10. The molecule has 136 valence electrons. The summed E-state index contributed by atoms with van der Waals surface area (Å²) in [5.41, 5.74) is 2.10. The van der Waals surface area contributed by atoms with E-state index in [1.54, 1.807) is 22.7 Å². The molecular formula is C19H20BrN3OS2. The van der Waals surface area contributed by atoms with Gasteiger partial charge >= 0.3 is 0 Å². The topological polar surface area (TPSA) is 45.2 Å². The van der Waals surface area contributed by atoms with E-state index in [2.05, 4.69) is 56.4 Å². The van der Waals surface area contributed by atoms with Crippen molar-refractivity contribution in [3.63, 3.8) is 0 Å². The van der Waals surface area contributed by atoms with Gasteiger partial charge in [-0.2, -0.15) is 0 Å². The largest absolute Gasteiger partial charge is 0.354 e. The van der Waals surface area contributed by atoms with Crippen molar-refractivity contribution in [1.29, 1.82) is 0 Å². The van der Waals surface area contributed by atoms with E-state index in [4.69, 9.17) is 0 Å². The van der Waals surface area contributed by atoms with Gasteiger partial charge in [0.1, 0.15) is 5.01 Å². The van der Waals surface area contributed by atoms with Crippen LogP contribution < -0.4 is 5.32 Å². The van der Waals surface area contributed by atoms with Crippen LogP contribution in [0.4, 0.5) is 0 Å². The first-order valence-electron chi connectivity index (χ1n) is 8.28. The van der Waals surface area contributed by atoms with Crippen LogP contribution in [0.3, 0.4) is 0 Å². The molecule has 1 amide bonds. The minimum Gasteiger partial charge on any atom is -0.354 e. The molecule has 2 heterocycles. The Labute approximate surface area is 170 Å². The maximum atomic E-state index is 12.1. The second-order valence-corrected chi connectivity index (χ2v) is 8.71. The number of carbonyl (C=O) groups excluding carboxylic acids is 1. The summed E-state index contributed by atoms with van der Waals surface area (Å²) in [6.07, 6.45) is 0.325. The number of nitrogens with zero attached hydrogens (tertiary/aromatic N) is 2. The summed E-state index contributed by atoms with van der Waals surface area (Å²) in [7, 11) is 2.06. The van der Waals surface area contributed by atoms with Crippen LogP contribution in [0.2, 0.25) is 0 Å². The van der Waals surface area contributed by atoms with E-state index in [-0.39, 0.29) is 5.91 Å². The van der Waals surface area contributed by atoms with Crippen molar-refractivity contribution in [1.82, 2.24) is 15.2 Å². The first-order valence-corrected chi connectivity index (χ1v) is 10.8. The number of carbonyl (C=O) groups is 1. The number of likely N-dealkylation sites (N-methyl/N-ethyl adjacent to an activating group) is 1. The van der Waals surface area contributed by atoms with Crippen molar-refractivity contribution in [3.8, 4) is 9.88 Å². The number of thiophene rings is 1. The zero-order valence-electron chi connectivity index (χ0n) is 14.4. The van der Waals surface area contributed by atoms with E-state index in [1.165, 1.54) is 5.56 Å². The monoisotopic (exact) mass is 449 g/mol. The molecule has 0 aliphatic carbocycles. The molecule has 1 N–H and O–H groups in total. The van der Waals surface area contributed by atoms with Gasteiger partial charge in [-0.25, -0.2) is 4.98 Å². The fourth-order valence-corrected chi connectivity index (χ4v) is 4.84. The Bertz CT molecular complexity index is 847. The summed E-state index contributed by atoms with van der Waals surface area (Å²) < 4.78 is 1.06. The van der Waals surface area contributed by atoms with E-state index in [9.17, 15) is 4.79 Å². The number of hydrogen-bond donors (Lipinski definition) is 1. The molecule has 0 aliphatic heterocycles. The van der Waals surface area contributed by atoms with Crippen molar-refractivity contribution in [2.75, 3.05) is 20.1 Å². The van der Waals surface area contributed by atoms with Crippen LogP contribution in [0.15, 0.2) is 51.6 Å². The van der Waals surface area contributed by atoms with Crippen molar-refractivity contribution < 1.29 is 4.79 Å². The zero-order valence-corrected chi connectivity index (χ0v) is 17.7. The Morgan fingerprint density at radius 3 is 2.77 bits per heavy atom. The third-order valence-electron chi connectivity index (χ3n) is 3.78. The highest BCUT2D eigenvalue weighted by molar-refractivity contribution is 9.10. The lowest BCUT2D eigenvalue weighted by atomic mass is 10.2. The Balaban J connectivity index is 1.41. The minimum atomic E-state index is 0.0160. The van der Waals surface area contributed by atoms with Crippen molar-refractivity contribution in [2.24, 2.45) is 0 Å². The quantitative estimate of drug-likeness (QED) is 0.553. The second-order valence-electron chi connectivity index (χ2n) is 6.02. The minimum absolute atomic E-state index is 0.0160. The first-order chi connectivity index (χ1) is 12.6. The van der Waals surface area contributed by atoms with E-state index >= 15 is 0 Å². The molecule has 0 aliphatic rings. The number of nitrogens with one attached hydrogen (secondary N) is 1. The predicted molar refractivity (Wildman–Crippen MR) is 113 cm³/mol. The molecule has 0 saturated heterocycles. The molecule has 0 unspecified atom stereocenters. The smallest absolute Gasteiger partial charge is 0.226 e. The van der Waals surface area contributed by atoms with Crippen LogP contribution in [0.5, 0.6) is 0 Å². The van der Waals surface area contributed by atoms with Gasteiger partial charge in [0, 0.05) is 34.9 Å². The number of aromatic nitrogens is 1. The van der Waals surface area contributed by atoms with Crippen LogP contribution in [-0.2, 0) is 17.8 Å². The fraction of sp³-hybridized carbons (Fsp3) is 0.263. The zero-order chi connectivity index (χ0) is 18.4. The van der Waals surface area contributed by atoms with Gasteiger partial charge in [0.15, 0.2) is 0 Å². The predicted octanol–water partition coefficient (Wildman–Crippen LogP) is 4.42. The van der Waals surface area contributed by atoms with Gasteiger partial charge in [-0.3, -0.25) is 4.79 Å². The summed E-state index contributed by atoms with van der Waals surface area (Å²) >= 11 is 6.68. The Morgan fingerprint density at radius 1 is 1.23 bits per heavy atom. The number of benzene rings is 1. The standard InChI is InChI=1S/C19H20BrN3OS2/c1-23(11-14-5-3-2-4-6-14)8-7-21-18(24)10-16-13-26-19(22-16)17-9-15(20)12-25-17/h2-6,9,12-13H,7-8,10-11H2,1H3,(H,21,24). The molecule has 3 rings (SSSR count). The fourth-order valence-electron chi connectivity index (χ4n) is 2.51. The maximum absolute atomic E-state index is 12.1. The summed E-state index contributed by atoms with van der Waals surface area (Å²) in [5, 5.41) is 7.94. The lowest BCUT2D eigenvalue weighted by Crippen LogP contribution is -2.33. The van der Waals surface area contributed by atoms with Crippen molar-refractivity contribution >= 4 is 44.5 Å². The molecule has 0 bridgehead atoms. The van der Waals surface area contributed by atoms with Gasteiger partial charge in [-0.1, -0.05) is 30.3 Å². The SMILES string of the molecule is CN(CCNC(=O)Cc1csc(-c2cc(Br)cs2)n1)Cc1ccccc1. The summed E-state index contributed by atoms with van der Waals surface area (Å²) in [6, 6.07) is 12.4. The molecule has 2 aromatic heterocycles. The first kappa shape index (κ1) is 19.2. The number of halogens is 1. The van der Waals surface area contributed by atoms with Gasteiger partial charge in [0.2, 0.25) is 5.91 Å². The van der Waals surface area contributed by atoms with E-state index in [1.807, 2.05) is 29.0 Å². The van der Waals surface area contributed by atoms with Gasteiger partial charge in [-0.05, 0) is 34.6 Å². The number of rotatable bonds is 8. The molecule has 1 aromatic carbocycles. The molecule has 0 radical (unpaired) electrons. The van der Waals surface area contributed by atoms with Gasteiger partial charge in [0.05, 0.1) is 17.0 Å². The second kappa shape index (κ2) is 9.41. The third-order valence-corrected chi connectivity index (χ3v) is 6.53. The third kappa shape index (κ3) is 5.74. The molecule has 4 nitrogen and oxygen atoms in total. The molecule has 0 saturated carbocycles. The molecule has 7 heteroatoms. The lowest BCUT2D eigenvalue weighted by Gasteiger charge is -2.16. The lowest BCUT2D eigenvalue weighted by molar-refractivity contribution is -0.120. The number of hydrogen-bond acceptors (Lipinski definition) is 5. The molecule has 0 fully saturated rings. The van der Waals surface area contributed by atoms with Crippen molar-refractivity contribution in [2.45, 2.75) is 13.0 Å². The Kier molecular flexibility index (Phi) is 6.96. The maximum Gasteiger partial charge on any atom is 0.226 e. The van der Waals surface area contributed by atoms with E-state index < -0.39 is 0 Å². The van der Waals surface area contributed by atoms with Crippen LogP contribution >= 0.6 is 38.6 Å². The number of amides is 1. The molecular weight excluding hydrogens is 430 g/mol.